The average Bonchev–Trinajstić information content (AvgIpc) is 2.76. The largest absolute Gasteiger partial charge is 0.478 e. The highest BCUT2D eigenvalue weighted by Gasteiger charge is 2.33. The number of carboxylic acid groups (broad SMARTS) is 1. The second-order valence-corrected chi connectivity index (χ2v) is 7.64. The van der Waals surface area contributed by atoms with Crippen molar-refractivity contribution in [2.45, 2.75) is 37.7 Å². The van der Waals surface area contributed by atoms with Gasteiger partial charge >= 0.3 is 18.8 Å². The van der Waals surface area contributed by atoms with Crippen molar-refractivity contribution in [1.82, 2.24) is 0 Å². The summed E-state index contributed by atoms with van der Waals surface area (Å²) >= 11 is 0. The number of aromatic carboxylic acids is 1. The molecule has 1 saturated heterocycles. The monoisotopic (exact) mass is 458 g/mol. The molecule has 0 radical (unpaired) electrons. The molecule has 10 heteroatoms. The van der Waals surface area contributed by atoms with Crippen molar-refractivity contribution in [1.29, 1.82) is 0 Å². The molecule has 0 bridgehead atoms. The van der Waals surface area contributed by atoms with Gasteiger partial charge in [-0.3, -0.25) is 0 Å². The molecule has 1 aliphatic rings. The highest BCUT2D eigenvalue weighted by molar-refractivity contribution is 5.88. The molecule has 1 fully saturated rings. The predicted octanol–water partition coefficient (Wildman–Crippen LogP) is 5.12. The van der Waals surface area contributed by atoms with E-state index in [4.69, 9.17) is 5.11 Å². The first-order chi connectivity index (χ1) is 15.1. The Bertz CT molecular complexity index is 903. The molecule has 0 aliphatic carbocycles. The third kappa shape index (κ3) is 5.67. The lowest BCUT2D eigenvalue weighted by molar-refractivity contribution is -0.137. The number of alkyl halides is 5. The number of anilines is 2. The van der Waals surface area contributed by atoms with E-state index in [2.05, 4.69) is 4.74 Å². The first-order valence-electron chi connectivity index (χ1n) is 9.96. The molecule has 0 aromatic heterocycles. The topological polar surface area (TPSA) is 53.0 Å². The molecule has 0 saturated carbocycles. The van der Waals surface area contributed by atoms with Gasteiger partial charge in [0.25, 0.3) is 0 Å². The highest BCUT2D eigenvalue weighted by atomic mass is 19.4. The molecule has 0 unspecified atom stereocenters. The molecular weight excluding hydrogens is 435 g/mol. The van der Waals surface area contributed by atoms with E-state index >= 15 is 0 Å². The smallest absolute Gasteiger partial charge is 0.416 e. The van der Waals surface area contributed by atoms with E-state index in [0.717, 1.165) is 12.1 Å². The van der Waals surface area contributed by atoms with Gasteiger partial charge < -0.3 is 19.6 Å². The summed E-state index contributed by atoms with van der Waals surface area (Å²) in [5.74, 6) is -1.08. The summed E-state index contributed by atoms with van der Waals surface area (Å²) in [6, 6.07) is 10.5. The predicted molar refractivity (Wildman–Crippen MR) is 109 cm³/mol. The van der Waals surface area contributed by atoms with Gasteiger partial charge in [0.15, 0.2) is 0 Å². The van der Waals surface area contributed by atoms with Crippen LogP contribution in [-0.4, -0.2) is 50.0 Å². The van der Waals surface area contributed by atoms with Crippen LogP contribution in [0.1, 0.15) is 28.8 Å². The minimum Gasteiger partial charge on any atom is -0.478 e. The van der Waals surface area contributed by atoms with Crippen LogP contribution in [-0.2, 0) is 10.9 Å². The number of hydrogen-bond donors (Lipinski definition) is 1. The van der Waals surface area contributed by atoms with Crippen LogP contribution >= 0.6 is 0 Å². The number of carboxylic acids is 1. The van der Waals surface area contributed by atoms with Gasteiger partial charge in [0.05, 0.1) is 23.8 Å². The molecule has 0 spiro atoms. The summed E-state index contributed by atoms with van der Waals surface area (Å²) in [5, 5.41) is 9.10. The van der Waals surface area contributed by atoms with Gasteiger partial charge in [-0.2, -0.15) is 22.0 Å². The number of nitrogens with zero attached hydrogens (tertiary/aromatic N) is 2. The van der Waals surface area contributed by atoms with Crippen LogP contribution in [0.5, 0.6) is 0 Å². The number of carbonyl (C=O) groups is 1. The van der Waals surface area contributed by atoms with E-state index in [1.54, 1.807) is 19.2 Å². The Morgan fingerprint density at radius 3 is 2.28 bits per heavy atom. The molecule has 1 N–H and O–H groups in total. The summed E-state index contributed by atoms with van der Waals surface area (Å²) in [6.07, 6.45) is -3.28. The number of ether oxygens (including phenoxy) is 1. The fraction of sp³-hybridized carbons (Fsp3) is 0.409. The van der Waals surface area contributed by atoms with Crippen molar-refractivity contribution in [3.05, 3.63) is 59.7 Å². The number of likely N-dealkylation sites (N-methyl/N-ethyl adjacent to an activating group) is 1. The van der Waals surface area contributed by atoms with Crippen LogP contribution in [0.3, 0.4) is 0 Å². The first kappa shape index (κ1) is 23.8. The molecular formula is C22H23F5N2O3. The van der Waals surface area contributed by atoms with E-state index in [9.17, 15) is 26.7 Å². The van der Waals surface area contributed by atoms with Gasteiger partial charge in [-0.15, -0.1) is 0 Å². The quantitative estimate of drug-likeness (QED) is 0.584. The summed E-state index contributed by atoms with van der Waals surface area (Å²) in [5.41, 5.74) is 0.627. The highest BCUT2D eigenvalue weighted by Crippen LogP contribution is 2.33. The molecule has 1 heterocycles. The maximum atomic E-state index is 12.8. The van der Waals surface area contributed by atoms with Crippen LogP contribution in [0.2, 0.25) is 0 Å². The Morgan fingerprint density at radius 1 is 1.12 bits per heavy atom. The van der Waals surface area contributed by atoms with Gasteiger partial charge in [0.2, 0.25) is 0 Å². The fourth-order valence-electron chi connectivity index (χ4n) is 3.89. The SMILES string of the molecule is CN(c1ccc(C(F)(F)F)cc1)[C@@H]1CC[C@@H](COC(F)F)N(c2ccc(C(=O)O)cc2)C1. The molecule has 174 valence electrons. The van der Waals surface area contributed by atoms with Gasteiger partial charge in [-0.05, 0) is 61.4 Å². The van der Waals surface area contributed by atoms with Crippen molar-refractivity contribution < 1.29 is 36.6 Å². The lowest BCUT2D eigenvalue weighted by Gasteiger charge is -2.44. The Labute approximate surface area is 182 Å². The molecule has 5 nitrogen and oxygen atoms in total. The van der Waals surface area contributed by atoms with E-state index in [1.165, 1.54) is 24.3 Å². The molecule has 0 amide bonds. The van der Waals surface area contributed by atoms with Gasteiger partial charge in [0.1, 0.15) is 0 Å². The van der Waals surface area contributed by atoms with Crippen LogP contribution in [0.25, 0.3) is 0 Å². The van der Waals surface area contributed by atoms with Crippen LogP contribution in [0.4, 0.5) is 33.3 Å². The van der Waals surface area contributed by atoms with Gasteiger partial charge in [-0.1, -0.05) is 0 Å². The summed E-state index contributed by atoms with van der Waals surface area (Å²) in [6.45, 7) is -2.70. The third-order valence-corrected chi connectivity index (χ3v) is 5.69. The number of halogens is 5. The minimum atomic E-state index is -4.42. The van der Waals surface area contributed by atoms with Crippen molar-refractivity contribution in [3.8, 4) is 0 Å². The van der Waals surface area contributed by atoms with Crippen molar-refractivity contribution in [3.63, 3.8) is 0 Å². The van der Waals surface area contributed by atoms with Gasteiger partial charge in [-0.25, -0.2) is 4.79 Å². The minimum absolute atomic E-state index is 0.101. The Hall–Kier alpha value is -2.88. The zero-order valence-corrected chi connectivity index (χ0v) is 17.2. The molecule has 3 rings (SSSR count). The maximum Gasteiger partial charge on any atom is 0.416 e. The molecule has 2 atom stereocenters. The standard InChI is InChI=1S/C22H23F5N2O3/c1-28(16-8-4-15(5-9-16)22(25,26)27)18-10-11-19(13-32-21(23)24)29(12-18)17-6-2-14(3-7-17)20(30)31/h2-9,18-19,21H,10-13H2,1H3,(H,30,31)/t18-,19+/m1/s1. The van der Waals surface area contributed by atoms with Gasteiger partial charge in [0, 0.05) is 31.0 Å². The summed E-state index contributed by atoms with van der Waals surface area (Å²) < 4.78 is 68.3. The zero-order chi connectivity index (χ0) is 23.5. The molecule has 2 aromatic rings. The lowest BCUT2D eigenvalue weighted by Crippen LogP contribution is -2.53. The summed E-state index contributed by atoms with van der Waals surface area (Å²) in [4.78, 5) is 14.9. The van der Waals surface area contributed by atoms with E-state index in [0.29, 0.717) is 30.8 Å². The van der Waals surface area contributed by atoms with Crippen LogP contribution in [0.15, 0.2) is 48.5 Å². The van der Waals surface area contributed by atoms with Crippen molar-refractivity contribution in [2.24, 2.45) is 0 Å². The average molecular weight is 458 g/mol. The number of rotatable bonds is 7. The fourth-order valence-corrected chi connectivity index (χ4v) is 3.89. The molecule has 1 aliphatic heterocycles. The first-order valence-corrected chi connectivity index (χ1v) is 9.96. The van der Waals surface area contributed by atoms with E-state index < -0.39 is 24.3 Å². The van der Waals surface area contributed by atoms with Crippen molar-refractivity contribution >= 4 is 17.3 Å². The molecule has 2 aromatic carbocycles. The number of benzene rings is 2. The third-order valence-electron chi connectivity index (χ3n) is 5.69. The number of hydrogen-bond acceptors (Lipinski definition) is 4. The lowest BCUT2D eigenvalue weighted by atomic mass is 9.96. The second kappa shape index (κ2) is 9.72. The van der Waals surface area contributed by atoms with Crippen LogP contribution < -0.4 is 9.80 Å². The Kier molecular flexibility index (Phi) is 7.22. The summed E-state index contributed by atoms with van der Waals surface area (Å²) in [7, 11) is 1.77. The van der Waals surface area contributed by atoms with Crippen LogP contribution in [0, 0.1) is 0 Å². The van der Waals surface area contributed by atoms with E-state index in [1.807, 2.05) is 9.80 Å². The van der Waals surface area contributed by atoms with Crippen molar-refractivity contribution in [2.75, 3.05) is 30.0 Å². The second-order valence-electron chi connectivity index (χ2n) is 7.64. The maximum absolute atomic E-state index is 12.8. The Morgan fingerprint density at radius 2 is 1.75 bits per heavy atom. The normalized spacial score (nSPS) is 19.3. The molecule has 32 heavy (non-hydrogen) atoms. The zero-order valence-electron chi connectivity index (χ0n) is 17.2. The Balaban J connectivity index is 1.79. The van der Waals surface area contributed by atoms with E-state index in [-0.39, 0.29) is 24.3 Å². The number of piperidine rings is 1.